The molecule has 4 fully saturated rings. The van der Waals surface area contributed by atoms with Crippen molar-refractivity contribution in [3.8, 4) is 0 Å². The van der Waals surface area contributed by atoms with Gasteiger partial charge >= 0.3 is 17.3 Å². The van der Waals surface area contributed by atoms with E-state index in [0.717, 1.165) is 44.1 Å². The summed E-state index contributed by atoms with van der Waals surface area (Å²) < 4.78 is 10.4. The summed E-state index contributed by atoms with van der Waals surface area (Å²) in [4.78, 5) is 41.5. The molecule has 0 amide bonds. The van der Waals surface area contributed by atoms with Crippen molar-refractivity contribution in [3.63, 3.8) is 0 Å². The summed E-state index contributed by atoms with van der Waals surface area (Å²) in [6.07, 6.45) is 7.60. The molecule has 2 aliphatic carbocycles. The van der Waals surface area contributed by atoms with Gasteiger partial charge in [-0.25, -0.2) is 23.5 Å². The lowest BCUT2D eigenvalue weighted by atomic mass is 9.87. The molecule has 2 saturated heterocycles. The smallest absolute Gasteiger partial charge is 0.347 e. The monoisotopic (exact) mass is 416 g/mol. The van der Waals surface area contributed by atoms with Crippen molar-refractivity contribution in [2.75, 3.05) is 13.2 Å². The van der Waals surface area contributed by atoms with Crippen molar-refractivity contribution in [2.24, 2.45) is 13.0 Å². The molecule has 0 bridgehead atoms. The fourth-order valence-corrected chi connectivity index (χ4v) is 6.48. The highest BCUT2D eigenvalue weighted by molar-refractivity contribution is 5.83. The molecule has 5 aliphatic rings. The molecule has 1 aromatic heterocycles. The minimum atomic E-state index is -0.645. The highest BCUT2D eigenvalue weighted by Crippen LogP contribution is 2.52. The van der Waals surface area contributed by atoms with E-state index in [1.54, 1.807) is 9.36 Å². The third kappa shape index (κ3) is 2.22. The highest BCUT2D eigenvalue weighted by Gasteiger charge is 2.62. The van der Waals surface area contributed by atoms with Gasteiger partial charge in [-0.3, -0.25) is 9.69 Å². The fourth-order valence-electron chi connectivity index (χ4n) is 6.48. The van der Waals surface area contributed by atoms with Crippen LogP contribution >= 0.6 is 0 Å². The second-order valence-corrected chi connectivity index (χ2v) is 9.64. The Kier molecular flexibility index (Phi) is 3.85. The van der Waals surface area contributed by atoms with Gasteiger partial charge in [0.15, 0.2) is 0 Å². The average molecular weight is 416 g/mol. The second kappa shape index (κ2) is 6.20. The van der Waals surface area contributed by atoms with E-state index in [1.165, 1.54) is 11.6 Å². The summed E-state index contributed by atoms with van der Waals surface area (Å²) in [5.74, 6) is 0.193. The van der Waals surface area contributed by atoms with Crippen LogP contribution < -0.4 is 11.4 Å². The molecule has 1 aromatic rings. The number of rotatable bonds is 3. The summed E-state index contributed by atoms with van der Waals surface area (Å²) >= 11 is 0. The number of allylic oxidation sites excluding steroid dienone is 1. The average Bonchev–Trinajstić information content (AvgIpc) is 3.25. The van der Waals surface area contributed by atoms with Crippen LogP contribution in [0.4, 0.5) is 0 Å². The Labute approximate surface area is 173 Å². The molecule has 1 spiro atoms. The van der Waals surface area contributed by atoms with Crippen LogP contribution in [0.3, 0.4) is 0 Å². The molecule has 4 atom stereocenters. The van der Waals surface area contributed by atoms with E-state index in [2.05, 4.69) is 11.0 Å². The Hall–Kier alpha value is -2.13. The molecule has 0 radical (unpaired) electrons. The molecule has 30 heavy (non-hydrogen) atoms. The molecular weight excluding hydrogens is 388 g/mol. The summed E-state index contributed by atoms with van der Waals surface area (Å²) in [7, 11) is 1.53. The summed E-state index contributed by atoms with van der Waals surface area (Å²) in [6.45, 7) is 0.521. The predicted octanol–water partition coefficient (Wildman–Crippen LogP) is 0.0855. The Morgan fingerprint density at radius 1 is 1.13 bits per heavy atom. The maximum atomic E-state index is 13.2. The number of nitrogens with zero attached hydrogens (tertiary/aromatic N) is 4. The molecule has 162 valence electrons. The third-order valence-electron chi connectivity index (χ3n) is 8.06. The number of morpholine rings is 1. The van der Waals surface area contributed by atoms with Crippen LogP contribution in [0.25, 0.3) is 0 Å². The lowest BCUT2D eigenvalue weighted by Crippen LogP contribution is -2.65. The van der Waals surface area contributed by atoms with Crippen LogP contribution in [0.2, 0.25) is 0 Å². The van der Waals surface area contributed by atoms with E-state index in [9.17, 15) is 19.5 Å². The molecule has 0 aromatic carbocycles. The molecule has 9 heteroatoms. The fraction of sp³-hybridized carbons (Fsp3) is 0.762. The van der Waals surface area contributed by atoms with Gasteiger partial charge in [-0.1, -0.05) is 18.9 Å². The number of aliphatic hydroxyl groups excluding tert-OH is 1. The lowest BCUT2D eigenvalue weighted by Gasteiger charge is -2.48. The van der Waals surface area contributed by atoms with Crippen molar-refractivity contribution < 1.29 is 14.6 Å². The number of aromatic nitrogens is 3. The number of fused-ring (bicyclic) bond motifs is 6. The third-order valence-corrected chi connectivity index (χ3v) is 8.06. The highest BCUT2D eigenvalue weighted by atomic mass is 16.6. The second-order valence-electron chi connectivity index (χ2n) is 9.64. The number of carbonyl (C=O) groups excluding carboxylic acids is 1. The van der Waals surface area contributed by atoms with Gasteiger partial charge in [0, 0.05) is 26.6 Å². The number of hydrogen-bond acceptors (Lipinski definition) is 6. The Morgan fingerprint density at radius 3 is 2.50 bits per heavy atom. The van der Waals surface area contributed by atoms with E-state index in [-0.39, 0.29) is 42.1 Å². The van der Waals surface area contributed by atoms with Gasteiger partial charge in [-0.2, -0.15) is 0 Å². The van der Waals surface area contributed by atoms with Crippen molar-refractivity contribution >= 4 is 5.97 Å². The number of cyclic esters (lactones) is 1. The SMILES string of the molecule is Cn1c(=O)n2n(c1=O)[C@H](C1CC1)C=C1CN3[C@@H]([C@H](CCO)OC(=O)C34CCCC4)[C@@H]12. The summed E-state index contributed by atoms with van der Waals surface area (Å²) in [6, 6.07) is -0.694. The van der Waals surface area contributed by atoms with Crippen LogP contribution in [0.5, 0.6) is 0 Å². The topological polar surface area (TPSA) is 98.7 Å². The summed E-state index contributed by atoms with van der Waals surface area (Å²) in [5, 5.41) is 9.65. The van der Waals surface area contributed by atoms with Crippen LogP contribution in [-0.4, -0.2) is 60.7 Å². The quantitative estimate of drug-likeness (QED) is 0.554. The van der Waals surface area contributed by atoms with Crippen LogP contribution in [0.15, 0.2) is 21.2 Å². The van der Waals surface area contributed by atoms with E-state index < -0.39 is 11.6 Å². The van der Waals surface area contributed by atoms with Crippen LogP contribution in [0.1, 0.15) is 57.0 Å². The maximum absolute atomic E-state index is 13.2. The zero-order valence-corrected chi connectivity index (χ0v) is 17.2. The summed E-state index contributed by atoms with van der Waals surface area (Å²) in [5.41, 5.74) is -0.138. The molecule has 9 nitrogen and oxygen atoms in total. The van der Waals surface area contributed by atoms with E-state index >= 15 is 0 Å². The minimum Gasteiger partial charge on any atom is -0.459 e. The Bertz CT molecular complexity index is 1050. The molecule has 6 rings (SSSR count). The maximum Gasteiger partial charge on any atom is 0.347 e. The van der Waals surface area contributed by atoms with Crippen molar-refractivity contribution in [1.29, 1.82) is 0 Å². The number of carbonyl (C=O) groups is 1. The number of aliphatic hydroxyl groups is 1. The Morgan fingerprint density at radius 2 is 1.83 bits per heavy atom. The molecular formula is C21H28N4O5. The predicted molar refractivity (Wildman–Crippen MR) is 106 cm³/mol. The van der Waals surface area contributed by atoms with Gasteiger partial charge in [0.1, 0.15) is 11.6 Å². The van der Waals surface area contributed by atoms with Gasteiger partial charge in [0.05, 0.1) is 18.1 Å². The van der Waals surface area contributed by atoms with Crippen LogP contribution in [-0.2, 0) is 16.6 Å². The zero-order chi connectivity index (χ0) is 20.8. The number of hydrogen-bond donors (Lipinski definition) is 1. The lowest BCUT2D eigenvalue weighted by molar-refractivity contribution is -0.187. The van der Waals surface area contributed by atoms with Gasteiger partial charge in [-0.15, -0.1) is 0 Å². The van der Waals surface area contributed by atoms with Crippen molar-refractivity contribution in [1.82, 2.24) is 18.8 Å². The van der Waals surface area contributed by atoms with Gasteiger partial charge in [-0.05, 0) is 37.2 Å². The van der Waals surface area contributed by atoms with E-state index in [0.29, 0.717) is 18.9 Å². The van der Waals surface area contributed by atoms with E-state index in [1.807, 2.05) is 0 Å². The number of esters is 1. The zero-order valence-electron chi connectivity index (χ0n) is 17.2. The first kappa shape index (κ1) is 18.6. The molecule has 3 aliphatic heterocycles. The number of ether oxygens (including phenoxy) is 1. The van der Waals surface area contributed by atoms with E-state index in [4.69, 9.17) is 4.74 Å². The normalized spacial score (nSPS) is 34.5. The standard InChI is InChI=1S/C21H28N4O5/c1-22-19(28)24-14(12-4-5-12)10-13-11-23-17(16(13)25(24)20(22)29)15(6-9-26)30-18(27)21(23)7-2-3-8-21/h10,12,14-17,26H,2-9,11H2,1H3/t14-,15-,16+,17-/m0/s1. The Balaban J connectivity index is 1.55. The first-order valence-corrected chi connectivity index (χ1v) is 11.2. The molecule has 1 N–H and O–H groups in total. The molecule has 4 heterocycles. The molecule has 0 unspecified atom stereocenters. The largest absolute Gasteiger partial charge is 0.459 e. The first-order chi connectivity index (χ1) is 14.5. The van der Waals surface area contributed by atoms with Gasteiger partial charge in [0.25, 0.3) is 0 Å². The minimum absolute atomic E-state index is 0.0950. The van der Waals surface area contributed by atoms with Gasteiger partial charge < -0.3 is 9.84 Å². The van der Waals surface area contributed by atoms with Gasteiger partial charge in [0.2, 0.25) is 0 Å². The van der Waals surface area contributed by atoms with Crippen molar-refractivity contribution in [3.05, 3.63) is 32.6 Å². The van der Waals surface area contributed by atoms with Crippen LogP contribution in [0, 0.1) is 5.92 Å². The first-order valence-electron chi connectivity index (χ1n) is 11.2. The van der Waals surface area contributed by atoms with Crippen molar-refractivity contribution in [2.45, 2.75) is 74.7 Å². The molecule has 2 saturated carbocycles.